The maximum Gasteiger partial charge on any atom is 0.271 e. The molecule has 1 aromatic carbocycles. The Morgan fingerprint density at radius 2 is 2.07 bits per heavy atom. The number of hydrogen-bond donors (Lipinski definition) is 1. The molecular formula is C19H14ClN5OS. The topological polar surface area (TPSA) is 72.2 Å². The summed E-state index contributed by atoms with van der Waals surface area (Å²) in [6.45, 7) is 0.669. The standard InChI is InChI=1S/C19H14ClN5OS/c20-19-22-10-15(27-19)12-25-11-14(16-3-1-2-4-17(16)25)9-23-24-18(26)13-5-7-21-8-6-13/h1-11H,12H2,(H,24,26)/b23-9-. The van der Waals surface area contributed by atoms with Crippen LogP contribution >= 0.6 is 22.9 Å². The van der Waals surface area contributed by atoms with E-state index in [1.54, 1.807) is 36.9 Å². The van der Waals surface area contributed by atoms with E-state index in [0.717, 1.165) is 21.3 Å². The van der Waals surface area contributed by atoms with E-state index in [0.29, 0.717) is 16.6 Å². The molecule has 0 bridgehead atoms. The fourth-order valence-electron chi connectivity index (χ4n) is 2.76. The van der Waals surface area contributed by atoms with Gasteiger partial charge in [0, 0.05) is 51.7 Å². The number of fused-ring (bicyclic) bond motifs is 1. The molecule has 0 fully saturated rings. The van der Waals surface area contributed by atoms with E-state index in [2.05, 4.69) is 25.1 Å². The van der Waals surface area contributed by atoms with Crippen LogP contribution in [0.4, 0.5) is 0 Å². The molecule has 3 heterocycles. The summed E-state index contributed by atoms with van der Waals surface area (Å²) in [5, 5.41) is 5.15. The van der Waals surface area contributed by atoms with Gasteiger partial charge in [0.05, 0.1) is 12.8 Å². The number of para-hydroxylation sites is 1. The molecule has 27 heavy (non-hydrogen) atoms. The van der Waals surface area contributed by atoms with E-state index in [4.69, 9.17) is 11.6 Å². The third-order valence-electron chi connectivity index (χ3n) is 3.98. The van der Waals surface area contributed by atoms with Gasteiger partial charge >= 0.3 is 0 Å². The number of amides is 1. The monoisotopic (exact) mass is 395 g/mol. The molecule has 0 saturated carbocycles. The average molecular weight is 396 g/mol. The fourth-order valence-corrected chi connectivity index (χ4v) is 3.74. The van der Waals surface area contributed by atoms with Crippen molar-refractivity contribution < 1.29 is 4.79 Å². The van der Waals surface area contributed by atoms with E-state index in [1.807, 2.05) is 30.5 Å². The van der Waals surface area contributed by atoms with E-state index in [9.17, 15) is 4.79 Å². The van der Waals surface area contributed by atoms with Gasteiger partial charge in [0.1, 0.15) is 0 Å². The highest BCUT2D eigenvalue weighted by Crippen LogP contribution is 2.24. The van der Waals surface area contributed by atoms with Crippen molar-refractivity contribution in [3.63, 3.8) is 0 Å². The lowest BCUT2D eigenvalue weighted by Crippen LogP contribution is -2.17. The van der Waals surface area contributed by atoms with Gasteiger partial charge in [-0.3, -0.25) is 9.78 Å². The van der Waals surface area contributed by atoms with Gasteiger partial charge in [-0.2, -0.15) is 5.10 Å². The second-order valence-corrected chi connectivity index (χ2v) is 7.44. The lowest BCUT2D eigenvalue weighted by atomic mass is 10.2. The summed E-state index contributed by atoms with van der Waals surface area (Å²) in [5.74, 6) is -0.281. The van der Waals surface area contributed by atoms with Crippen LogP contribution in [0.3, 0.4) is 0 Å². The number of halogens is 1. The van der Waals surface area contributed by atoms with Crippen molar-refractivity contribution in [1.82, 2.24) is 20.0 Å². The van der Waals surface area contributed by atoms with Gasteiger partial charge < -0.3 is 4.57 Å². The second-order valence-electron chi connectivity index (χ2n) is 5.74. The van der Waals surface area contributed by atoms with Crippen LogP contribution in [-0.4, -0.2) is 26.7 Å². The molecule has 0 aliphatic rings. The number of hydrazone groups is 1. The van der Waals surface area contributed by atoms with Gasteiger partial charge in [0.25, 0.3) is 5.91 Å². The summed E-state index contributed by atoms with van der Waals surface area (Å²) in [6, 6.07) is 11.3. The van der Waals surface area contributed by atoms with Crippen LogP contribution in [0.5, 0.6) is 0 Å². The molecule has 1 N–H and O–H groups in total. The summed E-state index contributed by atoms with van der Waals surface area (Å²) in [7, 11) is 0. The van der Waals surface area contributed by atoms with Crippen molar-refractivity contribution in [2.24, 2.45) is 5.10 Å². The molecule has 0 saturated heterocycles. The van der Waals surface area contributed by atoms with E-state index in [1.165, 1.54) is 11.3 Å². The number of rotatable bonds is 5. The maximum atomic E-state index is 12.1. The number of hydrogen-bond acceptors (Lipinski definition) is 5. The zero-order valence-corrected chi connectivity index (χ0v) is 15.6. The van der Waals surface area contributed by atoms with Crippen LogP contribution < -0.4 is 5.43 Å². The molecule has 4 rings (SSSR count). The molecule has 0 unspecified atom stereocenters. The number of carbonyl (C=O) groups excluding carboxylic acids is 1. The van der Waals surface area contributed by atoms with Gasteiger partial charge in [-0.15, -0.1) is 11.3 Å². The largest absolute Gasteiger partial charge is 0.341 e. The minimum absolute atomic E-state index is 0.281. The van der Waals surface area contributed by atoms with Crippen LogP contribution in [0.15, 0.2) is 66.3 Å². The van der Waals surface area contributed by atoms with Crippen molar-refractivity contribution in [1.29, 1.82) is 0 Å². The van der Waals surface area contributed by atoms with E-state index >= 15 is 0 Å². The molecule has 0 atom stereocenters. The number of aromatic nitrogens is 3. The highest BCUT2D eigenvalue weighted by Gasteiger charge is 2.09. The number of thiazole rings is 1. The zero-order valence-electron chi connectivity index (χ0n) is 14.0. The summed E-state index contributed by atoms with van der Waals surface area (Å²) >= 11 is 7.39. The van der Waals surface area contributed by atoms with Crippen LogP contribution in [0.25, 0.3) is 10.9 Å². The smallest absolute Gasteiger partial charge is 0.271 e. The Morgan fingerprint density at radius 1 is 1.26 bits per heavy atom. The molecule has 1 amide bonds. The first kappa shape index (κ1) is 17.4. The van der Waals surface area contributed by atoms with Crippen LogP contribution in [0.2, 0.25) is 4.47 Å². The zero-order chi connectivity index (χ0) is 18.6. The molecule has 0 radical (unpaired) electrons. The highest BCUT2D eigenvalue weighted by molar-refractivity contribution is 7.15. The SMILES string of the molecule is O=C(N/N=C\c1cn(Cc2cnc(Cl)s2)c2ccccc12)c1ccncc1. The maximum absolute atomic E-state index is 12.1. The van der Waals surface area contributed by atoms with E-state index in [-0.39, 0.29) is 5.91 Å². The molecule has 6 nitrogen and oxygen atoms in total. The Labute approximate surface area is 164 Å². The quantitative estimate of drug-likeness (QED) is 0.410. The van der Waals surface area contributed by atoms with Crippen molar-refractivity contribution in [3.05, 3.63) is 81.7 Å². The molecule has 3 aromatic heterocycles. The molecule has 0 aliphatic heterocycles. The summed E-state index contributed by atoms with van der Waals surface area (Å²) in [6.07, 6.45) is 8.57. The first-order chi connectivity index (χ1) is 13.2. The highest BCUT2D eigenvalue weighted by atomic mass is 35.5. The summed E-state index contributed by atoms with van der Waals surface area (Å²) in [4.78, 5) is 21.1. The number of pyridine rings is 1. The Kier molecular flexibility index (Phi) is 4.95. The van der Waals surface area contributed by atoms with Crippen LogP contribution in [-0.2, 0) is 6.54 Å². The molecule has 8 heteroatoms. The third-order valence-corrected chi connectivity index (χ3v) is 5.08. The fraction of sp³-hybridized carbons (Fsp3) is 0.0526. The third kappa shape index (κ3) is 3.89. The van der Waals surface area contributed by atoms with Crippen LogP contribution in [0, 0.1) is 0 Å². The Hall–Kier alpha value is -3.03. The molecule has 0 aliphatic carbocycles. The Bertz CT molecular complexity index is 1120. The van der Waals surface area contributed by atoms with Crippen molar-refractivity contribution in [3.8, 4) is 0 Å². The predicted molar refractivity (Wildman–Crippen MR) is 107 cm³/mol. The van der Waals surface area contributed by atoms with Crippen molar-refractivity contribution >= 4 is 46.0 Å². The predicted octanol–water partition coefficient (Wildman–Crippen LogP) is 3.96. The molecule has 4 aromatic rings. The van der Waals surface area contributed by atoms with Crippen molar-refractivity contribution in [2.75, 3.05) is 0 Å². The normalized spacial score (nSPS) is 11.3. The number of benzene rings is 1. The molecule has 134 valence electrons. The first-order valence-electron chi connectivity index (χ1n) is 8.12. The number of nitrogens with one attached hydrogen (secondary N) is 1. The Morgan fingerprint density at radius 3 is 2.85 bits per heavy atom. The minimum atomic E-state index is -0.281. The molecule has 0 spiro atoms. The molecular weight excluding hydrogens is 382 g/mol. The lowest BCUT2D eigenvalue weighted by Gasteiger charge is -2.01. The minimum Gasteiger partial charge on any atom is -0.341 e. The summed E-state index contributed by atoms with van der Waals surface area (Å²) in [5.41, 5.74) is 5.03. The average Bonchev–Trinajstić information content (AvgIpc) is 3.26. The summed E-state index contributed by atoms with van der Waals surface area (Å²) < 4.78 is 2.65. The van der Waals surface area contributed by atoms with Crippen molar-refractivity contribution in [2.45, 2.75) is 6.54 Å². The Balaban J connectivity index is 1.57. The van der Waals surface area contributed by atoms with Gasteiger partial charge in [-0.25, -0.2) is 10.4 Å². The van der Waals surface area contributed by atoms with Gasteiger partial charge in [-0.05, 0) is 18.2 Å². The van der Waals surface area contributed by atoms with Gasteiger partial charge in [-0.1, -0.05) is 29.8 Å². The number of nitrogens with zero attached hydrogens (tertiary/aromatic N) is 4. The first-order valence-corrected chi connectivity index (χ1v) is 9.31. The van der Waals surface area contributed by atoms with Crippen LogP contribution in [0.1, 0.15) is 20.8 Å². The van der Waals surface area contributed by atoms with Gasteiger partial charge in [0.15, 0.2) is 4.47 Å². The lowest BCUT2D eigenvalue weighted by molar-refractivity contribution is 0.0955. The van der Waals surface area contributed by atoms with E-state index < -0.39 is 0 Å². The van der Waals surface area contributed by atoms with Gasteiger partial charge in [0.2, 0.25) is 0 Å². The number of carbonyl (C=O) groups is 1. The second kappa shape index (κ2) is 7.69.